The number of aromatic carboxylic acids is 1. The maximum absolute atomic E-state index is 12.4. The Morgan fingerprint density at radius 1 is 1.29 bits per heavy atom. The molecule has 1 aliphatic carbocycles. The number of rotatable bonds is 4. The van der Waals surface area contributed by atoms with E-state index in [-0.39, 0.29) is 10.6 Å². The number of carboxylic acids is 1. The zero-order chi connectivity index (χ0) is 15.0. The van der Waals surface area contributed by atoms with Gasteiger partial charge in [-0.05, 0) is 37.7 Å². The Kier molecular flexibility index (Phi) is 3.94. The number of sulfonamides is 1. The fourth-order valence-electron chi connectivity index (χ4n) is 2.90. The van der Waals surface area contributed by atoms with Gasteiger partial charge in [0.1, 0.15) is 5.00 Å². The molecule has 8 heteroatoms. The van der Waals surface area contributed by atoms with Crippen LogP contribution in [0.4, 0.5) is 5.00 Å². The molecule has 0 saturated carbocycles. The van der Waals surface area contributed by atoms with Crippen LogP contribution in [0.15, 0.2) is 0 Å². The fourth-order valence-corrected chi connectivity index (χ4v) is 5.89. The van der Waals surface area contributed by atoms with E-state index in [0.29, 0.717) is 32.5 Å². The molecular weight excluding hydrogens is 314 g/mol. The quantitative estimate of drug-likeness (QED) is 0.878. The first kappa shape index (κ1) is 14.8. The second-order valence-electron chi connectivity index (χ2n) is 5.33. The largest absolute Gasteiger partial charge is 0.478 e. The first-order valence-electron chi connectivity index (χ1n) is 6.96. The number of hydrogen-bond donors (Lipinski definition) is 2. The van der Waals surface area contributed by atoms with Gasteiger partial charge in [-0.3, -0.25) is 4.72 Å². The molecule has 1 saturated heterocycles. The SMILES string of the molecule is O=C(O)c1c(NS(=O)(=O)C2CCOCC2)sc2c1CCC2. The summed E-state index contributed by atoms with van der Waals surface area (Å²) in [6.45, 7) is 0.858. The Morgan fingerprint density at radius 2 is 2.00 bits per heavy atom. The molecule has 0 amide bonds. The monoisotopic (exact) mass is 331 g/mol. The summed E-state index contributed by atoms with van der Waals surface area (Å²) in [6.07, 6.45) is 3.38. The van der Waals surface area contributed by atoms with E-state index in [0.717, 1.165) is 23.3 Å². The highest BCUT2D eigenvalue weighted by Gasteiger charge is 2.32. The third-order valence-electron chi connectivity index (χ3n) is 3.98. The van der Waals surface area contributed by atoms with Gasteiger partial charge in [0.15, 0.2) is 0 Å². The molecule has 1 aromatic heterocycles. The van der Waals surface area contributed by atoms with Crippen molar-refractivity contribution >= 4 is 32.3 Å². The van der Waals surface area contributed by atoms with E-state index in [2.05, 4.69) is 4.72 Å². The summed E-state index contributed by atoms with van der Waals surface area (Å²) in [5.74, 6) is -1.06. The molecular formula is C13H17NO5S2. The molecule has 0 radical (unpaired) electrons. The van der Waals surface area contributed by atoms with Crippen molar-refractivity contribution in [3.8, 4) is 0 Å². The lowest BCUT2D eigenvalue weighted by Gasteiger charge is -2.22. The smallest absolute Gasteiger partial charge is 0.339 e. The lowest BCUT2D eigenvalue weighted by molar-refractivity contribution is 0.0697. The average molecular weight is 331 g/mol. The summed E-state index contributed by atoms with van der Waals surface area (Å²) in [5, 5.41) is 9.13. The average Bonchev–Trinajstić information content (AvgIpc) is 2.99. The molecule has 0 unspecified atom stereocenters. The van der Waals surface area contributed by atoms with Gasteiger partial charge in [-0.2, -0.15) is 0 Å². The molecule has 1 fully saturated rings. The first-order chi connectivity index (χ1) is 9.99. The Bertz CT molecular complexity index is 658. The standard InChI is InChI=1S/C13H17NO5S2/c15-13(16)11-9-2-1-3-10(9)20-12(11)14-21(17,18)8-4-6-19-7-5-8/h8,14H,1-7H2,(H,15,16). The van der Waals surface area contributed by atoms with Crippen LogP contribution >= 0.6 is 11.3 Å². The van der Waals surface area contributed by atoms with Crippen LogP contribution in [0.3, 0.4) is 0 Å². The van der Waals surface area contributed by atoms with Crippen molar-refractivity contribution in [3.05, 3.63) is 16.0 Å². The summed E-state index contributed by atoms with van der Waals surface area (Å²) in [4.78, 5) is 12.5. The number of fused-ring (bicyclic) bond motifs is 1. The second-order valence-corrected chi connectivity index (χ2v) is 8.39. The van der Waals surface area contributed by atoms with Gasteiger partial charge >= 0.3 is 5.97 Å². The molecule has 3 rings (SSSR count). The van der Waals surface area contributed by atoms with Crippen LogP contribution in [0.2, 0.25) is 0 Å². The van der Waals surface area contributed by atoms with Crippen molar-refractivity contribution < 1.29 is 23.1 Å². The summed E-state index contributed by atoms with van der Waals surface area (Å²) in [6, 6.07) is 0. The van der Waals surface area contributed by atoms with Crippen LogP contribution in [0.1, 0.15) is 40.1 Å². The minimum atomic E-state index is -3.56. The zero-order valence-corrected chi connectivity index (χ0v) is 13.1. The molecule has 0 atom stereocenters. The minimum absolute atomic E-state index is 0.142. The molecule has 0 bridgehead atoms. The van der Waals surface area contributed by atoms with Gasteiger partial charge < -0.3 is 9.84 Å². The number of anilines is 1. The van der Waals surface area contributed by atoms with Gasteiger partial charge in [-0.1, -0.05) is 0 Å². The molecule has 116 valence electrons. The van der Waals surface area contributed by atoms with E-state index >= 15 is 0 Å². The summed E-state index contributed by atoms with van der Waals surface area (Å²) < 4.78 is 32.5. The number of hydrogen-bond acceptors (Lipinski definition) is 5. The third-order valence-corrected chi connectivity index (χ3v) is 7.15. The fraction of sp³-hybridized carbons (Fsp3) is 0.615. The molecule has 0 spiro atoms. The van der Waals surface area contributed by atoms with E-state index in [1.165, 1.54) is 11.3 Å². The van der Waals surface area contributed by atoms with E-state index < -0.39 is 21.2 Å². The summed E-state index contributed by atoms with van der Waals surface area (Å²) >= 11 is 1.27. The number of aryl methyl sites for hydroxylation is 1. The number of carboxylic acid groups (broad SMARTS) is 1. The highest BCUT2D eigenvalue weighted by atomic mass is 32.2. The Balaban J connectivity index is 1.89. The number of thiophene rings is 1. The maximum atomic E-state index is 12.4. The predicted octanol–water partition coefficient (Wildman–Crippen LogP) is 1.86. The number of carbonyl (C=O) groups is 1. The molecule has 6 nitrogen and oxygen atoms in total. The lowest BCUT2D eigenvalue weighted by atomic mass is 10.1. The highest BCUT2D eigenvalue weighted by Crippen LogP contribution is 2.40. The molecule has 1 aromatic rings. The Labute approximate surface area is 127 Å². The van der Waals surface area contributed by atoms with Gasteiger partial charge in [0, 0.05) is 18.1 Å². The molecule has 0 aromatic carbocycles. The van der Waals surface area contributed by atoms with Crippen LogP contribution in [-0.2, 0) is 27.6 Å². The molecule has 2 heterocycles. The number of ether oxygens (including phenoxy) is 1. The Morgan fingerprint density at radius 3 is 2.67 bits per heavy atom. The van der Waals surface area contributed by atoms with E-state index in [9.17, 15) is 18.3 Å². The van der Waals surface area contributed by atoms with Crippen molar-refractivity contribution in [2.75, 3.05) is 17.9 Å². The van der Waals surface area contributed by atoms with Crippen molar-refractivity contribution in [3.63, 3.8) is 0 Å². The Hall–Kier alpha value is -1.12. The van der Waals surface area contributed by atoms with Crippen molar-refractivity contribution in [1.29, 1.82) is 0 Å². The van der Waals surface area contributed by atoms with Gasteiger partial charge in [0.2, 0.25) is 10.0 Å². The highest BCUT2D eigenvalue weighted by molar-refractivity contribution is 7.93. The minimum Gasteiger partial charge on any atom is -0.478 e. The summed E-state index contributed by atoms with van der Waals surface area (Å²) in [7, 11) is -3.56. The van der Waals surface area contributed by atoms with Crippen LogP contribution < -0.4 is 4.72 Å². The number of nitrogens with one attached hydrogen (secondary N) is 1. The normalized spacial score (nSPS) is 19.4. The van der Waals surface area contributed by atoms with Crippen LogP contribution in [0.25, 0.3) is 0 Å². The molecule has 1 aliphatic heterocycles. The van der Waals surface area contributed by atoms with Gasteiger partial charge in [-0.25, -0.2) is 13.2 Å². The second kappa shape index (κ2) is 5.58. The lowest BCUT2D eigenvalue weighted by Crippen LogP contribution is -2.33. The van der Waals surface area contributed by atoms with Crippen molar-refractivity contribution in [2.45, 2.75) is 37.4 Å². The molecule has 21 heavy (non-hydrogen) atoms. The topological polar surface area (TPSA) is 92.7 Å². The molecule has 2 N–H and O–H groups in total. The van der Waals surface area contributed by atoms with E-state index in [4.69, 9.17) is 4.74 Å². The third kappa shape index (κ3) is 2.79. The van der Waals surface area contributed by atoms with E-state index in [1.807, 2.05) is 0 Å². The maximum Gasteiger partial charge on any atom is 0.339 e. The van der Waals surface area contributed by atoms with Crippen LogP contribution in [-0.4, -0.2) is 38.0 Å². The zero-order valence-electron chi connectivity index (χ0n) is 11.4. The van der Waals surface area contributed by atoms with Crippen LogP contribution in [0.5, 0.6) is 0 Å². The molecule has 2 aliphatic rings. The first-order valence-corrected chi connectivity index (χ1v) is 9.32. The predicted molar refractivity (Wildman–Crippen MR) is 79.7 cm³/mol. The summed E-state index contributed by atoms with van der Waals surface area (Å²) in [5.41, 5.74) is 0.945. The van der Waals surface area contributed by atoms with Gasteiger partial charge in [-0.15, -0.1) is 11.3 Å². The van der Waals surface area contributed by atoms with Crippen molar-refractivity contribution in [1.82, 2.24) is 0 Å². The van der Waals surface area contributed by atoms with Crippen molar-refractivity contribution in [2.24, 2.45) is 0 Å². The van der Waals surface area contributed by atoms with Gasteiger partial charge in [0.25, 0.3) is 0 Å². The van der Waals surface area contributed by atoms with Gasteiger partial charge in [0.05, 0.1) is 10.8 Å². The van der Waals surface area contributed by atoms with E-state index in [1.54, 1.807) is 0 Å². The van der Waals surface area contributed by atoms with Crippen LogP contribution in [0, 0.1) is 0 Å².